The maximum atomic E-state index is 14.2. The molecule has 0 aliphatic carbocycles. The number of unbranched alkanes of at least 4 members (excludes halogenated alkanes) is 2. The van der Waals surface area contributed by atoms with Gasteiger partial charge in [0, 0.05) is 12.1 Å². The lowest BCUT2D eigenvalue weighted by Crippen LogP contribution is -2.34. The second-order valence-corrected chi connectivity index (χ2v) is 9.18. The summed E-state index contributed by atoms with van der Waals surface area (Å²) in [6, 6.07) is 11.6. The van der Waals surface area contributed by atoms with Gasteiger partial charge in [-0.1, -0.05) is 38.8 Å². The lowest BCUT2D eigenvalue weighted by molar-refractivity contribution is -0.140. The number of nitrogens with zero attached hydrogens (tertiary/aromatic N) is 2. The number of methoxy groups -OCH3 is 1. The molecule has 7 heteroatoms. The molecule has 0 radical (unpaired) electrons. The molecule has 1 N–H and O–H groups in total. The van der Waals surface area contributed by atoms with Crippen LogP contribution in [0.2, 0.25) is 0 Å². The lowest BCUT2D eigenvalue weighted by atomic mass is 9.95. The van der Waals surface area contributed by atoms with Crippen LogP contribution in [0.15, 0.2) is 54.1 Å². The Kier molecular flexibility index (Phi) is 10.1. The highest BCUT2D eigenvalue weighted by Crippen LogP contribution is 2.39. The summed E-state index contributed by atoms with van der Waals surface area (Å²) < 4.78 is 19.4. The molecule has 2 aromatic rings. The first-order chi connectivity index (χ1) is 17.4. The highest BCUT2D eigenvalue weighted by molar-refractivity contribution is 6.46. The van der Waals surface area contributed by atoms with Crippen LogP contribution >= 0.6 is 0 Å². The summed E-state index contributed by atoms with van der Waals surface area (Å²) >= 11 is 0. The van der Waals surface area contributed by atoms with E-state index in [0.29, 0.717) is 29.8 Å². The average Bonchev–Trinajstić information content (AvgIpc) is 3.14. The minimum absolute atomic E-state index is 0.0235. The van der Waals surface area contributed by atoms with Crippen molar-refractivity contribution < 1.29 is 23.8 Å². The van der Waals surface area contributed by atoms with Crippen LogP contribution in [0.4, 0.5) is 4.39 Å². The first-order valence-corrected chi connectivity index (χ1v) is 12.8. The van der Waals surface area contributed by atoms with Gasteiger partial charge in [0.15, 0.2) is 0 Å². The smallest absolute Gasteiger partial charge is 0.295 e. The van der Waals surface area contributed by atoms with E-state index >= 15 is 0 Å². The Morgan fingerprint density at radius 2 is 1.64 bits per heavy atom. The van der Waals surface area contributed by atoms with Crippen LogP contribution in [0.25, 0.3) is 5.76 Å². The van der Waals surface area contributed by atoms with E-state index in [1.807, 2.05) is 0 Å². The molecule has 1 fully saturated rings. The van der Waals surface area contributed by atoms with Crippen LogP contribution in [-0.4, -0.2) is 59.9 Å². The Hall–Kier alpha value is -3.19. The summed E-state index contributed by atoms with van der Waals surface area (Å²) in [5.74, 6) is -1.57. The van der Waals surface area contributed by atoms with Gasteiger partial charge in [0.25, 0.3) is 11.7 Å². The van der Waals surface area contributed by atoms with Crippen LogP contribution in [0.1, 0.15) is 63.1 Å². The van der Waals surface area contributed by atoms with Crippen molar-refractivity contribution in [2.75, 3.05) is 33.3 Å². The second-order valence-electron chi connectivity index (χ2n) is 9.18. The van der Waals surface area contributed by atoms with E-state index in [4.69, 9.17) is 4.74 Å². The molecule has 1 saturated heterocycles. The van der Waals surface area contributed by atoms with Crippen LogP contribution in [0.5, 0.6) is 5.75 Å². The van der Waals surface area contributed by atoms with Gasteiger partial charge in [0.05, 0.1) is 18.7 Å². The van der Waals surface area contributed by atoms with Gasteiger partial charge in [-0.2, -0.15) is 0 Å². The Labute approximate surface area is 213 Å². The van der Waals surface area contributed by atoms with Gasteiger partial charge in [0.1, 0.15) is 17.3 Å². The zero-order valence-corrected chi connectivity index (χ0v) is 21.5. The zero-order valence-electron chi connectivity index (χ0n) is 21.5. The maximum Gasteiger partial charge on any atom is 0.295 e. The molecule has 2 aromatic carbocycles. The Morgan fingerprint density at radius 3 is 2.22 bits per heavy atom. The molecule has 1 aliphatic heterocycles. The molecule has 1 amide bonds. The fourth-order valence-electron chi connectivity index (χ4n) is 4.60. The van der Waals surface area contributed by atoms with Crippen molar-refractivity contribution in [3.63, 3.8) is 0 Å². The third-order valence-electron chi connectivity index (χ3n) is 6.60. The summed E-state index contributed by atoms with van der Waals surface area (Å²) in [5, 5.41) is 11.1. The number of ether oxygens (including phenoxy) is 1. The number of Topliss-reactive ketones (excluding diaryl/α,β-unsaturated/α-hetero) is 1. The second kappa shape index (κ2) is 13.2. The van der Waals surface area contributed by atoms with E-state index in [1.54, 1.807) is 36.4 Å². The molecule has 0 aromatic heterocycles. The minimum Gasteiger partial charge on any atom is -0.507 e. The number of carbonyl (C=O) groups excluding carboxylic acids is 2. The van der Waals surface area contributed by atoms with Gasteiger partial charge < -0.3 is 19.6 Å². The Balaban J connectivity index is 1.91. The van der Waals surface area contributed by atoms with Gasteiger partial charge >= 0.3 is 0 Å². The number of benzene rings is 2. The third kappa shape index (κ3) is 6.52. The van der Waals surface area contributed by atoms with Crippen molar-refractivity contribution in [1.82, 2.24) is 9.80 Å². The standard InChI is InChI=1S/C29H37FN2O4/c1-4-6-16-31(17-7-5-2)18-9-19-32-26(22-10-8-11-23(30)20-22)25(28(34)29(32)35)27(33)21-12-14-24(36-3)15-13-21/h8,10-15,20,26,33H,4-7,9,16-19H2,1-3H3/t26-/m0/s1. The van der Waals surface area contributed by atoms with Gasteiger partial charge in [-0.25, -0.2) is 4.39 Å². The van der Waals surface area contributed by atoms with E-state index in [9.17, 15) is 19.1 Å². The van der Waals surface area contributed by atoms with Gasteiger partial charge in [-0.3, -0.25) is 9.59 Å². The normalized spacial score (nSPS) is 17.2. The van der Waals surface area contributed by atoms with E-state index in [2.05, 4.69) is 18.7 Å². The van der Waals surface area contributed by atoms with E-state index in [1.165, 1.54) is 24.1 Å². The molecule has 3 rings (SSSR count). The molecule has 1 heterocycles. The Bertz CT molecular complexity index is 1060. The fraction of sp³-hybridized carbons (Fsp3) is 0.448. The van der Waals surface area contributed by atoms with Crippen LogP contribution in [0.3, 0.4) is 0 Å². The minimum atomic E-state index is -0.859. The largest absolute Gasteiger partial charge is 0.507 e. The molecular weight excluding hydrogens is 459 g/mol. The zero-order chi connectivity index (χ0) is 26.1. The number of rotatable bonds is 13. The summed E-state index contributed by atoms with van der Waals surface area (Å²) in [6.07, 6.45) is 5.12. The molecule has 0 saturated carbocycles. The Morgan fingerprint density at radius 1 is 1.00 bits per heavy atom. The van der Waals surface area contributed by atoms with Crippen molar-refractivity contribution in [2.24, 2.45) is 0 Å². The van der Waals surface area contributed by atoms with Crippen LogP contribution in [0, 0.1) is 5.82 Å². The number of hydrogen-bond donors (Lipinski definition) is 1. The van der Waals surface area contributed by atoms with Crippen molar-refractivity contribution in [1.29, 1.82) is 0 Å². The molecule has 0 unspecified atom stereocenters. The molecular formula is C29H37FN2O4. The van der Waals surface area contributed by atoms with E-state index in [-0.39, 0.29) is 11.3 Å². The highest BCUT2D eigenvalue weighted by atomic mass is 19.1. The predicted molar refractivity (Wildman–Crippen MR) is 139 cm³/mol. The van der Waals surface area contributed by atoms with Crippen molar-refractivity contribution in [2.45, 2.75) is 52.0 Å². The summed E-state index contributed by atoms with van der Waals surface area (Å²) in [6.45, 7) is 7.47. The van der Waals surface area contributed by atoms with Gasteiger partial charge in [-0.15, -0.1) is 0 Å². The van der Waals surface area contributed by atoms with Gasteiger partial charge in [0.2, 0.25) is 0 Å². The van der Waals surface area contributed by atoms with Crippen LogP contribution < -0.4 is 4.74 Å². The molecule has 0 bridgehead atoms. The predicted octanol–water partition coefficient (Wildman–Crippen LogP) is 5.55. The number of halogens is 1. The third-order valence-corrected chi connectivity index (χ3v) is 6.60. The summed E-state index contributed by atoms with van der Waals surface area (Å²) in [4.78, 5) is 30.2. The lowest BCUT2D eigenvalue weighted by Gasteiger charge is -2.27. The molecule has 0 spiro atoms. The topological polar surface area (TPSA) is 70.1 Å². The first-order valence-electron chi connectivity index (χ1n) is 12.8. The number of ketones is 1. The van der Waals surface area contributed by atoms with Crippen molar-refractivity contribution in [3.05, 3.63) is 71.0 Å². The molecule has 6 nitrogen and oxygen atoms in total. The average molecular weight is 497 g/mol. The van der Waals surface area contributed by atoms with Crippen LogP contribution in [-0.2, 0) is 9.59 Å². The number of aliphatic hydroxyl groups is 1. The number of carbonyl (C=O) groups is 2. The summed E-state index contributed by atoms with van der Waals surface area (Å²) in [5.41, 5.74) is 0.822. The number of amides is 1. The highest BCUT2D eigenvalue weighted by Gasteiger charge is 2.45. The molecule has 36 heavy (non-hydrogen) atoms. The monoisotopic (exact) mass is 496 g/mol. The number of hydrogen-bond acceptors (Lipinski definition) is 5. The molecule has 1 atom stereocenters. The van der Waals surface area contributed by atoms with Crippen molar-refractivity contribution >= 4 is 17.4 Å². The number of aliphatic hydroxyl groups excluding tert-OH is 1. The maximum absolute atomic E-state index is 14.2. The van der Waals surface area contributed by atoms with E-state index < -0.39 is 23.5 Å². The quantitative estimate of drug-likeness (QED) is 0.224. The van der Waals surface area contributed by atoms with Gasteiger partial charge in [-0.05, 0) is 80.9 Å². The molecule has 1 aliphatic rings. The number of likely N-dealkylation sites (tertiary alicyclic amines) is 1. The SMILES string of the molecule is CCCCN(CCCC)CCCN1C(=O)C(=O)C(=C(O)c2ccc(OC)cc2)[C@@H]1c1cccc(F)c1. The summed E-state index contributed by atoms with van der Waals surface area (Å²) in [7, 11) is 1.54. The van der Waals surface area contributed by atoms with Crippen molar-refractivity contribution in [3.8, 4) is 5.75 Å². The first kappa shape index (κ1) is 27.4. The molecule has 194 valence electrons. The van der Waals surface area contributed by atoms with E-state index in [0.717, 1.165) is 45.3 Å². The fourth-order valence-corrected chi connectivity index (χ4v) is 4.60.